The van der Waals surface area contributed by atoms with Crippen molar-refractivity contribution in [2.24, 2.45) is 0 Å². The number of esters is 1. The summed E-state index contributed by atoms with van der Waals surface area (Å²) >= 11 is 0. The summed E-state index contributed by atoms with van der Waals surface area (Å²) in [5.41, 5.74) is 0. The number of hydrogen-bond acceptors (Lipinski definition) is 9. The Kier molecular flexibility index (Phi) is 47.1. The number of aliphatic hydroxyl groups excluding tert-OH is 4. The monoisotopic (exact) mass is 914 g/mol. The van der Waals surface area contributed by atoms with Crippen LogP contribution >= 0.6 is 0 Å². The number of amides is 1. The van der Waals surface area contributed by atoms with Crippen LogP contribution in [0.25, 0.3) is 0 Å². The summed E-state index contributed by atoms with van der Waals surface area (Å²) in [4.78, 5) is 31.8. The van der Waals surface area contributed by atoms with Gasteiger partial charge in [0.1, 0.15) is 13.2 Å². The highest BCUT2D eigenvalue weighted by Gasteiger charge is 2.25. The van der Waals surface area contributed by atoms with Crippen LogP contribution in [0.1, 0.15) is 219 Å². The van der Waals surface area contributed by atoms with Gasteiger partial charge in [0, 0.05) is 58.7 Å². The molecule has 64 heavy (non-hydrogen) atoms. The third-order valence-corrected chi connectivity index (χ3v) is 13.4. The molecule has 0 rings (SSSR count). The molecular weight excluding hydrogens is 805 g/mol. The van der Waals surface area contributed by atoms with Gasteiger partial charge in [-0.05, 0) is 12.8 Å². The summed E-state index contributed by atoms with van der Waals surface area (Å²) < 4.78 is 6.14. The van der Waals surface area contributed by atoms with Gasteiger partial charge in [-0.3, -0.25) is 19.4 Å². The van der Waals surface area contributed by atoms with Crippen LogP contribution in [-0.2, 0) is 14.3 Å². The van der Waals surface area contributed by atoms with E-state index in [9.17, 15) is 30.0 Å². The predicted molar refractivity (Wildman–Crippen MR) is 269 cm³/mol. The highest BCUT2D eigenvalue weighted by atomic mass is 16.5. The molecular formula is C53H109N4O7+. The fourth-order valence-corrected chi connectivity index (χ4v) is 8.85. The number of carbonyl (C=O) groups is 2. The standard InChI is InChI=1S/C53H109N4O7/c1-4-6-8-10-12-14-16-18-20-22-24-26-28-30-32-34-52(62)56(42-49-60)39-45-57(3,46-50-61)44-38-54(40-47-58)36-37-55(41-48-59)43-51-64-53(63)35-33-31-29-27-25-23-21-19-17-15-13-11-9-7-5-2/h58-61H,4-51H2,1-3H3/q+1. The van der Waals surface area contributed by atoms with Crippen molar-refractivity contribution in [3.63, 3.8) is 0 Å². The van der Waals surface area contributed by atoms with Crippen LogP contribution in [0, 0.1) is 0 Å². The first kappa shape index (κ1) is 62.7. The molecule has 0 aliphatic heterocycles. The van der Waals surface area contributed by atoms with E-state index in [1.54, 1.807) is 4.90 Å². The molecule has 1 unspecified atom stereocenters. The zero-order chi connectivity index (χ0) is 47.0. The molecule has 0 heterocycles. The van der Waals surface area contributed by atoms with E-state index in [0.717, 1.165) is 32.2 Å². The highest BCUT2D eigenvalue weighted by molar-refractivity contribution is 5.76. The molecule has 0 spiro atoms. The fraction of sp³-hybridized carbons (Fsp3) is 0.962. The van der Waals surface area contributed by atoms with E-state index in [0.29, 0.717) is 89.4 Å². The van der Waals surface area contributed by atoms with Crippen LogP contribution in [-0.4, -0.2) is 164 Å². The van der Waals surface area contributed by atoms with E-state index in [-0.39, 0.29) is 38.3 Å². The zero-order valence-corrected chi connectivity index (χ0v) is 42.7. The maximum Gasteiger partial charge on any atom is 0.305 e. The molecule has 0 saturated carbocycles. The highest BCUT2D eigenvalue weighted by Crippen LogP contribution is 2.16. The van der Waals surface area contributed by atoms with Crippen molar-refractivity contribution in [1.29, 1.82) is 0 Å². The number of carbonyl (C=O) groups excluding carboxylic acids is 2. The summed E-state index contributed by atoms with van der Waals surface area (Å²) in [6.07, 6.45) is 39.7. The molecule has 0 radical (unpaired) electrons. The van der Waals surface area contributed by atoms with Crippen molar-refractivity contribution in [3.8, 4) is 0 Å². The number of unbranched alkanes of at least 4 members (excludes halogenated alkanes) is 28. The topological polar surface area (TPSA) is 134 Å². The van der Waals surface area contributed by atoms with Gasteiger partial charge in [0.2, 0.25) is 5.91 Å². The lowest BCUT2D eigenvalue weighted by Crippen LogP contribution is -2.54. The van der Waals surface area contributed by atoms with Gasteiger partial charge in [-0.1, -0.05) is 194 Å². The Morgan fingerprint density at radius 2 is 0.750 bits per heavy atom. The molecule has 0 fully saturated rings. The van der Waals surface area contributed by atoms with Crippen LogP contribution in [0.4, 0.5) is 0 Å². The van der Waals surface area contributed by atoms with Gasteiger partial charge in [-0.25, -0.2) is 0 Å². The average molecular weight is 914 g/mol. The Morgan fingerprint density at radius 1 is 0.391 bits per heavy atom. The second-order valence-electron chi connectivity index (χ2n) is 19.4. The van der Waals surface area contributed by atoms with E-state index in [1.165, 1.54) is 167 Å². The number of ether oxygens (including phenoxy) is 1. The summed E-state index contributed by atoms with van der Waals surface area (Å²) in [6, 6.07) is 0. The lowest BCUT2D eigenvalue weighted by atomic mass is 10.0. The minimum atomic E-state index is -0.147. The first-order valence-electron chi connectivity index (χ1n) is 27.4. The van der Waals surface area contributed by atoms with E-state index >= 15 is 0 Å². The molecule has 0 aliphatic rings. The number of hydrogen-bond donors (Lipinski definition) is 4. The van der Waals surface area contributed by atoms with E-state index in [4.69, 9.17) is 4.74 Å². The second-order valence-corrected chi connectivity index (χ2v) is 19.4. The van der Waals surface area contributed by atoms with Crippen molar-refractivity contribution in [1.82, 2.24) is 14.7 Å². The lowest BCUT2D eigenvalue weighted by Gasteiger charge is -2.38. The molecule has 1 atom stereocenters. The van der Waals surface area contributed by atoms with Crippen molar-refractivity contribution in [2.45, 2.75) is 219 Å². The molecule has 0 aromatic rings. The maximum atomic E-state index is 13.2. The quantitative estimate of drug-likeness (QED) is 0.0267. The zero-order valence-electron chi connectivity index (χ0n) is 42.7. The van der Waals surface area contributed by atoms with Crippen LogP contribution in [0.3, 0.4) is 0 Å². The minimum absolute atomic E-state index is 0.0149. The van der Waals surface area contributed by atoms with Gasteiger partial charge in [-0.2, -0.15) is 0 Å². The molecule has 1 amide bonds. The van der Waals surface area contributed by atoms with Gasteiger partial charge >= 0.3 is 5.97 Å². The van der Waals surface area contributed by atoms with Gasteiger partial charge < -0.3 is 34.5 Å². The summed E-state index contributed by atoms with van der Waals surface area (Å²) in [7, 11) is 2.11. The third-order valence-electron chi connectivity index (χ3n) is 13.4. The molecule has 0 aliphatic carbocycles. The van der Waals surface area contributed by atoms with E-state index in [1.807, 2.05) is 0 Å². The molecule has 0 aromatic heterocycles. The maximum absolute atomic E-state index is 13.2. The first-order valence-corrected chi connectivity index (χ1v) is 27.4. The molecule has 11 heteroatoms. The molecule has 4 N–H and O–H groups in total. The number of quaternary nitrogens is 1. The SMILES string of the molecule is CCCCCCCCCCCCCCCCCC(=O)OCCN(CCO)CCN(CCO)CC[N+](C)(CCO)CCN(CCO)C(=O)CCCCCCCCCCCCCCCCC. The van der Waals surface area contributed by atoms with Crippen molar-refractivity contribution >= 4 is 11.9 Å². The van der Waals surface area contributed by atoms with Crippen molar-refractivity contribution in [2.75, 3.05) is 112 Å². The van der Waals surface area contributed by atoms with Crippen molar-refractivity contribution < 1.29 is 39.2 Å². The normalized spacial score (nSPS) is 12.7. The van der Waals surface area contributed by atoms with Gasteiger partial charge in [0.05, 0.1) is 53.1 Å². The Hall–Kier alpha value is -1.34. The smallest absolute Gasteiger partial charge is 0.305 e. The number of rotatable bonds is 52. The first-order chi connectivity index (χ1) is 31.3. The Labute approximate surface area is 396 Å². The Morgan fingerprint density at radius 3 is 1.14 bits per heavy atom. The second kappa shape index (κ2) is 48.1. The van der Waals surface area contributed by atoms with Crippen molar-refractivity contribution in [3.05, 3.63) is 0 Å². The lowest BCUT2D eigenvalue weighted by molar-refractivity contribution is -0.908. The van der Waals surface area contributed by atoms with Gasteiger partial charge in [0.25, 0.3) is 0 Å². The molecule has 382 valence electrons. The number of nitrogens with zero attached hydrogens (tertiary/aromatic N) is 4. The number of likely N-dealkylation sites (N-methyl/N-ethyl adjacent to an activating group) is 1. The van der Waals surface area contributed by atoms with Gasteiger partial charge in [0.15, 0.2) is 0 Å². The molecule has 11 nitrogen and oxygen atoms in total. The predicted octanol–water partition coefficient (Wildman–Crippen LogP) is 9.90. The number of aliphatic hydroxyl groups is 4. The van der Waals surface area contributed by atoms with Crippen LogP contribution in [0.5, 0.6) is 0 Å². The van der Waals surface area contributed by atoms with E-state index in [2.05, 4.69) is 30.7 Å². The minimum Gasteiger partial charge on any atom is -0.464 e. The molecule has 0 saturated heterocycles. The summed E-state index contributed by atoms with van der Waals surface area (Å²) in [6.45, 7) is 11.2. The van der Waals surface area contributed by atoms with Crippen LogP contribution in [0.2, 0.25) is 0 Å². The fourth-order valence-electron chi connectivity index (χ4n) is 8.85. The average Bonchev–Trinajstić information content (AvgIpc) is 3.28. The van der Waals surface area contributed by atoms with Crippen LogP contribution < -0.4 is 0 Å². The summed E-state index contributed by atoms with van der Waals surface area (Å²) in [5, 5.41) is 39.4. The molecule has 0 bridgehead atoms. The Bertz CT molecular complexity index is 994. The molecule has 0 aromatic carbocycles. The summed E-state index contributed by atoms with van der Waals surface area (Å²) in [5.74, 6) is -0.0494. The van der Waals surface area contributed by atoms with E-state index < -0.39 is 0 Å². The third kappa shape index (κ3) is 40.9. The van der Waals surface area contributed by atoms with Gasteiger partial charge in [-0.15, -0.1) is 0 Å². The van der Waals surface area contributed by atoms with Crippen LogP contribution in [0.15, 0.2) is 0 Å². The Balaban J connectivity index is 4.43. The largest absolute Gasteiger partial charge is 0.464 e.